The zero-order valence-electron chi connectivity index (χ0n) is 16.9. The van der Waals surface area contributed by atoms with Crippen LogP contribution in [-0.4, -0.2) is 15.0 Å². The molecular formula is C25H18BrN5S. The zero-order valence-corrected chi connectivity index (χ0v) is 19.3. The molecule has 0 bridgehead atoms. The van der Waals surface area contributed by atoms with Crippen LogP contribution in [0.1, 0.15) is 0 Å². The van der Waals surface area contributed by atoms with E-state index in [1.165, 1.54) is 0 Å². The number of benzene rings is 3. The highest BCUT2D eigenvalue weighted by Crippen LogP contribution is 2.43. The summed E-state index contributed by atoms with van der Waals surface area (Å²) < 4.78 is 0.986. The van der Waals surface area contributed by atoms with Crippen molar-refractivity contribution in [2.24, 2.45) is 0 Å². The first-order valence-corrected chi connectivity index (χ1v) is 11.5. The maximum atomic E-state index is 5.88. The first kappa shape index (κ1) is 20.5. The summed E-state index contributed by atoms with van der Waals surface area (Å²) in [5.74, 6) is 0.770. The van der Waals surface area contributed by atoms with Gasteiger partial charge in [-0.15, -0.1) is 0 Å². The zero-order chi connectivity index (χ0) is 21.9. The molecule has 0 fully saturated rings. The summed E-state index contributed by atoms with van der Waals surface area (Å²) in [7, 11) is 0. The minimum absolute atomic E-state index is 0.654. The highest BCUT2D eigenvalue weighted by Gasteiger charge is 2.20. The topological polar surface area (TPSA) is 67.9 Å². The summed E-state index contributed by atoms with van der Waals surface area (Å²) >= 11 is 5.30. The second-order valence-electron chi connectivity index (χ2n) is 7.03. The van der Waals surface area contributed by atoms with Crippen LogP contribution in [0, 0.1) is 0 Å². The molecular weight excluding hydrogens is 482 g/mol. The number of fused-ring (bicyclic) bond motifs is 1. The van der Waals surface area contributed by atoms with Gasteiger partial charge in [-0.25, -0.2) is 15.0 Å². The lowest BCUT2D eigenvalue weighted by Crippen LogP contribution is -2.13. The van der Waals surface area contributed by atoms with E-state index in [0.717, 1.165) is 42.5 Å². The third kappa shape index (κ3) is 4.17. The van der Waals surface area contributed by atoms with Crippen LogP contribution >= 0.6 is 27.7 Å². The highest BCUT2D eigenvalue weighted by molar-refractivity contribution is 9.10. The minimum Gasteiger partial charge on any atom is -0.399 e. The van der Waals surface area contributed by atoms with Gasteiger partial charge in [0.25, 0.3) is 0 Å². The molecule has 5 rings (SSSR count). The molecule has 7 heteroatoms. The standard InChI is InChI=1S/C25H18BrN5S/c26-17-5-3-6-19(15-17)31(25-21-7-4-14-28-24(21)29-16-30-25)22-8-1-2-9-23(22)32-20-12-10-18(27)11-13-20/h1-16H,27H2. The van der Waals surface area contributed by atoms with Gasteiger partial charge < -0.3 is 5.73 Å². The number of pyridine rings is 1. The van der Waals surface area contributed by atoms with Crippen molar-refractivity contribution in [3.8, 4) is 0 Å². The number of rotatable bonds is 5. The molecule has 0 spiro atoms. The molecule has 0 aliphatic carbocycles. The van der Waals surface area contributed by atoms with E-state index in [1.54, 1.807) is 24.3 Å². The van der Waals surface area contributed by atoms with Crippen molar-refractivity contribution in [2.75, 3.05) is 10.6 Å². The van der Waals surface area contributed by atoms with Crippen molar-refractivity contribution in [2.45, 2.75) is 9.79 Å². The first-order chi connectivity index (χ1) is 15.7. The van der Waals surface area contributed by atoms with Crippen molar-refractivity contribution in [1.29, 1.82) is 0 Å². The number of hydrogen-bond acceptors (Lipinski definition) is 6. The Morgan fingerprint density at radius 3 is 2.50 bits per heavy atom. The molecule has 2 aromatic heterocycles. The predicted molar refractivity (Wildman–Crippen MR) is 135 cm³/mol. The Labute approximate surface area is 198 Å². The van der Waals surface area contributed by atoms with E-state index in [1.807, 2.05) is 60.7 Å². The van der Waals surface area contributed by atoms with Crippen LogP contribution in [0.2, 0.25) is 0 Å². The number of halogens is 1. The van der Waals surface area contributed by atoms with E-state index in [0.29, 0.717) is 5.65 Å². The van der Waals surface area contributed by atoms with E-state index in [-0.39, 0.29) is 0 Å². The summed E-state index contributed by atoms with van der Waals surface area (Å²) in [6.45, 7) is 0. The second kappa shape index (κ2) is 8.98. The Kier molecular flexibility index (Phi) is 5.75. The molecule has 3 aromatic carbocycles. The van der Waals surface area contributed by atoms with Crippen molar-refractivity contribution in [3.63, 3.8) is 0 Å². The van der Waals surface area contributed by atoms with Crippen LogP contribution in [0.5, 0.6) is 0 Å². The lowest BCUT2D eigenvalue weighted by molar-refractivity contribution is 1.12. The third-order valence-corrected chi connectivity index (χ3v) is 6.45. The molecule has 32 heavy (non-hydrogen) atoms. The molecule has 0 amide bonds. The molecule has 5 aromatic rings. The van der Waals surface area contributed by atoms with Crippen LogP contribution in [0.4, 0.5) is 22.9 Å². The molecule has 0 aliphatic heterocycles. The van der Waals surface area contributed by atoms with Gasteiger partial charge in [0.15, 0.2) is 11.5 Å². The quantitative estimate of drug-likeness (QED) is 0.262. The number of para-hydroxylation sites is 1. The number of nitrogen functional groups attached to an aromatic ring is 1. The van der Waals surface area contributed by atoms with Gasteiger partial charge in [0, 0.05) is 31.8 Å². The van der Waals surface area contributed by atoms with Crippen molar-refractivity contribution >= 4 is 61.6 Å². The van der Waals surface area contributed by atoms with E-state index in [9.17, 15) is 0 Å². The molecule has 2 heterocycles. The molecule has 156 valence electrons. The number of nitrogens with zero attached hydrogens (tertiary/aromatic N) is 4. The normalized spacial score (nSPS) is 10.9. The Morgan fingerprint density at radius 2 is 1.66 bits per heavy atom. The fourth-order valence-corrected chi connectivity index (χ4v) is 4.77. The van der Waals surface area contributed by atoms with Crippen LogP contribution in [0.15, 0.2) is 112 Å². The smallest absolute Gasteiger partial charge is 0.164 e. The van der Waals surface area contributed by atoms with E-state index in [2.05, 4.69) is 60.0 Å². The van der Waals surface area contributed by atoms with Crippen molar-refractivity contribution in [3.05, 3.63) is 102 Å². The second-order valence-corrected chi connectivity index (χ2v) is 9.06. The van der Waals surface area contributed by atoms with E-state index < -0.39 is 0 Å². The fourth-order valence-electron chi connectivity index (χ4n) is 3.44. The summed E-state index contributed by atoms with van der Waals surface area (Å²) in [5, 5.41) is 0.877. The van der Waals surface area contributed by atoms with Gasteiger partial charge in [0.2, 0.25) is 0 Å². The number of hydrogen-bond donors (Lipinski definition) is 1. The van der Waals surface area contributed by atoms with E-state index in [4.69, 9.17) is 5.73 Å². The fraction of sp³-hybridized carbons (Fsp3) is 0. The largest absolute Gasteiger partial charge is 0.399 e. The number of nitrogens with two attached hydrogens (primary N) is 1. The summed E-state index contributed by atoms with van der Waals surface area (Å²) in [6.07, 6.45) is 3.30. The summed E-state index contributed by atoms with van der Waals surface area (Å²) in [5.41, 5.74) is 9.27. The molecule has 0 aliphatic rings. The van der Waals surface area contributed by atoms with Gasteiger partial charge >= 0.3 is 0 Å². The number of aromatic nitrogens is 3. The molecule has 0 radical (unpaired) electrons. The minimum atomic E-state index is 0.654. The Balaban J connectivity index is 1.71. The van der Waals surface area contributed by atoms with Gasteiger partial charge in [-0.05, 0) is 66.7 Å². The van der Waals surface area contributed by atoms with Crippen molar-refractivity contribution < 1.29 is 0 Å². The molecule has 2 N–H and O–H groups in total. The van der Waals surface area contributed by atoms with Gasteiger partial charge in [-0.1, -0.05) is 45.9 Å². The van der Waals surface area contributed by atoms with Gasteiger partial charge in [0.05, 0.1) is 11.1 Å². The Bertz CT molecular complexity index is 1390. The third-order valence-electron chi connectivity index (χ3n) is 4.88. The van der Waals surface area contributed by atoms with Crippen LogP contribution in [0.3, 0.4) is 0 Å². The predicted octanol–water partition coefficient (Wildman–Crippen LogP) is 6.99. The average Bonchev–Trinajstić information content (AvgIpc) is 2.82. The van der Waals surface area contributed by atoms with Crippen molar-refractivity contribution in [1.82, 2.24) is 15.0 Å². The molecule has 0 atom stereocenters. The Hall–Kier alpha value is -3.42. The van der Waals surface area contributed by atoms with Gasteiger partial charge in [-0.3, -0.25) is 4.90 Å². The highest BCUT2D eigenvalue weighted by atomic mass is 79.9. The van der Waals surface area contributed by atoms with Crippen LogP contribution in [0.25, 0.3) is 11.0 Å². The molecule has 0 saturated carbocycles. The monoisotopic (exact) mass is 499 g/mol. The summed E-state index contributed by atoms with van der Waals surface area (Å²) in [4.78, 5) is 17.8. The maximum Gasteiger partial charge on any atom is 0.164 e. The molecule has 0 unspecified atom stereocenters. The number of anilines is 4. The van der Waals surface area contributed by atoms with Gasteiger partial charge in [0.1, 0.15) is 6.33 Å². The lowest BCUT2D eigenvalue weighted by atomic mass is 10.2. The van der Waals surface area contributed by atoms with Crippen LogP contribution in [-0.2, 0) is 0 Å². The SMILES string of the molecule is Nc1ccc(Sc2ccccc2N(c2cccc(Br)c2)c2ncnc3ncccc23)cc1. The maximum absolute atomic E-state index is 5.88. The average molecular weight is 500 g/mol. The lowest BCUT2D eigenvalue weighted by Gasteiger charge is -2.27. The van der Waals surface area contributed by atoms with Gasteiger partial charge in [-0.2, -0.15) is 0 Å². The Morgan fingerprint density at radius 1 is 0.812 bits per heavy atom. The summed E-state index contributed by atoms with van der Waals surface area (Å²) in [6, 6.07) is 28.3. The van der Waals surface area contributed by atoms with Crippen LogP contribution < -0.4 is 10.6 Å². The first-order valence-electron chi connectivity index (χ1n) is 9.93. The molecule has 5 nitrogen and oxygen atoms in total. The van der Waals surface area contributed by atoms with E-state index >= 15 is 0 Å². The molecule has 0 saturated heterocycles.